The molecule has 0 aliphatic heterocycles. The zero-order valence-electron chi connectivity index (χ0n) is 11.9. The fraction of sp³-hybridized carbons (Fsp3) is 0.267. The summed E-state index contributed by atoms with van der Waals surface area (Å²) in [5.74, 6) is 0.00436. The van der Waals surface area contributed by atoms with E-state index in [1.54, 1.807) is 18.5 Å². The number of nitrogens with zero attached hydrogens (tertiary/aromatic N) is 2. The van der Waals surface area contributed by atoms with Crippen molar-refractivity contribution in [3.63, 3.8) is 0 Å². The molecule has 0 bridgehead atoms. The Hall–Kier alpha value is -2.81. The summed E-state index contributed by atoms with van der Waals surface area (Å²) in [4.78, 5) is 21.5. The van der Waals surface area contributed by atoms with Crippen molar-refractivity contribution < 1.29 is 9.53 Å². The van der Waals surface area contributed by atoms with Gasteiger partial charge in [0, 0.05) is 12.4 Å². The minimum Gasteiger partial charge on any atom is -0.490 e. The lowest BCUT2D eigenvalue weighted by Gasteiger charge is -2.11. The van der Waals surface area contributed by atoms with Gasteiger partial charge in [-0.15, -0.1) is 0 Å². The Labute approximate surface area is 122 Å². The van der Waals surface area contributed by atoms with Gasteiger partial charge in [-0.05, 0) is 31.9 Å². The van der Waals surface area contributed by atoms with Gasteiger partial charge in [-0.3, -0.25) is 4.79 Å². The van der Waals surface area contributed by atoms with Crippen LogP contribution in [0, 0.1) is 6.57 Å². The van der Waals surface area contributed by atoms with Crippen molar-refractivity contribution in [3.05, 3.63) is 47.2 Å². The number of hydrogen-bond donors (Lipinski definition) is 2. The fourth-order valence-corrected chi connectivity index (χ4v) is 2.01. The standard InChI is InChI=1S/C15H16N4O2/c1-9(2)21-12-6-7-18-15-13(12)10(8-19-15)4-5-11(17-3)14(16)20/h5-9H,4H2,1-2H3,(H2,16,20)(H,18,19)/b11-5-. The highest BCUT2D eigenvalue weighted by Gasteiger charge is 2.12. The van der Waals surface area contributed by atoms with Crippen molar-refractivity contribution in [1.29, 1.82) is 0 Å². The maximum Gasteiger partial charge on any atom is 0.247 e. The summed E-state index contributed by atoms with van der Waals surface area (Å²) in [7, 11) is 0. The predicted octanol–water partition coefficient (Wildman–Crippen LogP) is 2.18. The van der Waals surface area contributed by atoms with Crippen LogP contribution in [-0.2, 0) is 11.2 Å². The predicted molar refractivity (Wildman–Crippen MR) is 79.4 cm³/mol. The molecule has 108 valence electrons. The van der Waals surface area contributed by atoms with Gasteiger partial charge in [0.2, 0.25) is 11.6 Å². The third-order valence-corrected chi connectivity index (χ3v) is 2.87. The van der Waals surface area contributed by atoms with Crippen molar-refractivity contribution in [2.24, 2.45) is 5.73 Å². The van der Waals surface area contributed by atoms with Crippen LogP contribution in [0.3, 0.4) is 0 Å². The van der Waals surface area contributed by atoms with Crippen molar-refractivity contribution in [3.8, 4) is 5.75 Å². The monoisotopic (exact) mass is 284 g/mol. The Balaban J connectivity index is 2.41. The summed E-state index contributed by atoms with van der Waals surface area (Å²) in [6.07, 6.45) is 5.43. The van der Waals surface area contributed by atoms with Gasteiger partial charge in [0.1, 0.15) is 11.4 Å². The van der Waals surface area contributed by atoms with Gasteiger partial charge < -0.3 is 15.5 Å². The fourth-order valence-electron chi connectivity index (χ4n) is 2.01. The van der Waals surface area contributed by atoms with E-state index in [1.807, 2.05) is 13.8 Å². The molecule has 0 aromatic carbocycles. The molecule has 6 nitrogen and oxygen atoms in total. The van der Waals surface area contributed by atoms with E-state index in [2.05, 4.69) is 14.8 Å². The number of hydrogen-bond acceptors (Lipinski definition) is 3. The second kappa shape index (κ2) is 6.09. The van der Waals surface area contributed by atoms with Gasteiger partial charge in [-0.1, -0.05) is 6.08 Å². The van der Waals surface area contributed by atoms with Crippen LogP contribution < -0.4 is 10.5 Å². The third kappa shape index (κ3) is 3.20. The van der Waals surface area contributed by atoms with Gasteiger partial charge in [-0.25, -0.2) is 9.83 Å². The van der Waals surface area contributed by atoms with E-state index in [4.69, 9.17) is 17.0 Å². The molecule has 3 N–H and O–H groups in total. The average molecular weight is 284 g/mol. The summed E-state index contributed by atoms with van der Waals surface area (Å²) in [5.41, 5.74) is 6.67. The molecule has 6 heteroatoms. The van der Waals surface area contributed by atoms with E-state index in [9.17, 15) is 4.79 Å². The molecule has 0 aliphatic carbocycles. The van der Waals surface area contributed by atoms with Crippen molar-refractivity contribution in [1.82, 2.24) is 9.97 Å². The number of amides is 1. The van der Waals surface area contributed by atoms with E-state index < -0.39 is 5.91 Å². The van der Waals surface area contributed by atoms with E-state index >= 15 is 0 Å². The number of carbonyl (C=O) groups excluding carboxylic acids is 1. The summed E-state index contributed by atoms with van der Waals surface area (Å²) in [6, 6.07) is 1.80. The van der Waals surface area contributed by atoms with Crippen LogP contribution in [0.5, 0.6) is 5.75 Å². The third-order valence-electron chi connectivity index (χ3n) is 2.87. The Morgan fingerprint density at radius 2 is 2.38 bits per heavy atom. The molecule has 0 radical (unpaired) electrons. The highest BCUT2D eigenvalue weighted by Crippen LogP contribution is 2.28. The van der Waals surface area contributed by atoms with Gasteiger partial charge >= 0.3 is 0 Å². The SMILES string of the molecule is [C-]#[N+]/C(=C\Cc1c[nH]c2nccc(OC(C)C)c12)C(N)=O. The molecule has 21 heavy (non-hydrogen) atoms. The van der Waals surface area contributed by atoms with Crippen LogP contribution >= 0.6 is 0 Å². The van der Waals surface area contributed by atoms with E-state index in [0.29, 0.717) is 12.1 Å². The van der Waals surface area contributed by atoms with Crippen LogP contribution in [0.4, 0.5) is 0 Å². The molecule has 0 unspecified atom stereocenters. The summed E-state index contributed by atoms with van der Waals surface area (Å²) in [6.45, 7) is 10.8. The molecule has 0 saturated heterocycles. The molecular weight excluding hydrogens is 268 g/mol. The van der Waals surface area contributed by atoms with Gasteiger partial charge in [0.05, 0.1) is 18.1 Å². The number of primary amides is 1. The minimum atomic E-state index is -0.721. The lowest BCUT2D eigenvalue weighted by molar-refractivity contribution is -0.114. The van der Waals surface area contributed by atoms with E-state index in [0.717, 1.165) is 16.7 Å². The number of aromatic amines is 1. The Kier molecular flexibility index (Phi) is 4.24. The molecule has 0 spiro atoms. The normalized spacial score (nSPS) is 11.6. The lowest BCUT2D eigenvalue weighted by Crippen LogP contribution is -2.11. The highest BCUT2D eigenvalue weighted by atomic mass is 16.5. The summed E-state index contributed by atoms with van der Waals surface area (Å²) in [5, 5.41) is 0.858. The smallest absolute Gasteiger partial charge is 0.247 e. The molecule has 2 heterocycles. The van der Waals surface area contributed by atoms with Gasteiger partial charge in [0.15, 0.2) is 0 Å². The Morgan fingerprint density at radius 3 is 3.00 bits per heavy atom. The van der Waals surface area contributed by atoms with Crippen LogP contribution in [0.25, 0.3) is 15.9 Å². The number of fused-ring (bicyclic) bond motifs is 1. The molecule has 0 saturated carbocycles. The summed E-state index contributed by atoms with van der Waals surface area (Å²) < 4.78 is 5.77. The first-order valence-corrected chi connectivity index (χ1v) is 6.52. The number of aromatic nitrogens is 2. The second-order valence-electron chi connectivity index (χ2n) is 4.78. The molecule has 0 aliphatic rings. The minimum absolute atomic E-state index is 0.0401. The van der Waals surface area contributed by atoms with E-state index in [1.165, 1.54) is 6.08 Å². The quantitative estimate of drug-likeness (QED) is 0.652. The van der Waals surface area contributed by atoms with Crippen molar-refractivity contribution >= 4 is 16.9 Å². The number of nitrogens with two attached hydrogens (primary N) is 1. The average Bonchev–Trinajstić information content (AvgIpc) is 2.83. The summed E-state index contributed by atoms with van der Waals surface area (Å²) >= 11 is 0. The molecular formula is C15H16N4O2. The van der Waals surface area contributed by atoms with Crippen LogP contribution in [-0.4, -0.2) is 22.0 Å². The molecule has 2 rings (SSSR count). The zero-order chi connectivity index (χ0) is 15.4. The lowest BCUT2D eigenvalue weighted by atomic mass is 10.1. The largest absolute Gasteiger partial charge is 0.490 e. The second-order valence-corrected chi connectivity index (χ2v) is 4.78. The number of rotatable bonds is 5. The van der Waals surface area contributed by atoms with Crippen molar-refractivity contribution in [2.75, 3.05) is 0 Å². The van der Waals surface area contributed by atoms with Crippen LogP contribution in [0.2, 0.25) is 0 Å². The maximum absolute atomic E-state index is 11.1. The number of allylic oxidation sites excluding steroid dienone is 1. The topological polar surface area (TPSA) is 85.4 Å². The number of nitrogens with one attached hydrogen (secondary N) is 1. The van der Waals surface area contributed by atoms with Crippen LogP contribution in [0.15, 0.2) is 30.2 Å². The first-order valence-electron chi connectivity index (χ1n) is 6.52. The first kappa shape index (κ1) is 14.6. The zero-order valence-corrected chi connectivity index (χ0v) is 11.9. The Bertz CT molecular complexity index is 738. The number of H-pyrrole nitrogens is 1. The molecule has 0 atom stereocenters. The van der Waals surface area contributed by atoms with Crippen LogP contribution in [0.1, 0.15) is 19.4 Å². The number of ether oxygens (including phenoxy) is 1. The van der Waals surface area contributed by atoms with E-state index in [-0.39, 0.29) is 11.8 Å². The molecule has 2 aromatic rings. The molecule has 1 amide bonds. The van der Waals surface area contributed by atoms with Gasteiger partial charge in [-0.2, -0.15) is 0 Å². The Morgan fingerprint density at radius 1 is 1.62 bits per heavy atom. The van der Waals surface area contributed by atoms with Gasteiger partial charge in [0.25, 0.3) is 0 Å². The first-order chi connectivity index (χ1) is 10.0. The van der Waals surface area contributed by atoms with Crippen molar-refractivity contribution in [2.45, 2.75) is 26.4 Å². The number of pyridine rings is 1. The molecule has 2 aromatic heterocycles. The highest BCUT2D eigenvalue weighted by molar-refractivity contribution is 5.94. The molecule has 0 fully saturated rings. The number of carbonyl (C=O) groups is 1. The maximum atomic E-state index is 11.1.